The lowest BCUT2D eigenvalue weighted by molar-refractivity contribution is 0.304. The monoisotopic (exact) mass is 903 g/mol. The highest BCUT2D eigenvalue weighted by molar-refractivity contribution is 6.43. The number of ether oxygens (including phenoxy) is 2. The van der Waals surface area contributed by atoms with E-state index in [0.29, 0.717) is 0 Å². The summed E-state index contributed by atoms with van der Waals surface area (Å²) in [5.74, 6) is 3.24. The van der Waals surface area contributed by atoms with Crippen LogP contribution < -0.4 is 9.47 Å². The van der Waals surface area contributed by atoms with Gasteiger partial charge in [0, 0.05) is 41.3 Å². The molecule has 0 heterocycles. The van der Waals surface area contributed by atoms with E-state index in [-0.39, 0.29) is 12.8 Å². The zero-order chi connectivity index (χ0) is 46.5. The SMILES string of the molecule is CCCCCCCCCCOc1ccc(-c2cc3cc(C(C)(C)C)cc4cc(-c5ccc(OCCCCCCCCCC)cc5)c5c6ccc7cc([C+](C)C)cc8ccc(c2c5c34)c6c87)cc1.[CH3-]. The molecule has 0 saturated heterocycles. The Kier molecular flexibility index (Phi) is 15.7. The molecule has 68 heavy (non-hydrogen) atoms. The molecule has 0 bridgehead atoms. The summed E-state index contributed by atoms with van der Waals surface area (Å²) in [6.07, 6.45) is 20.8. The van der Waals surface area contributed by atoms with Crippen molar-refractivity contribution in [1.29, 1.82) is 0 Å². The minimum Gasteiger partial charge on any atom is -0.494 e. The molecule has 9 rings (SSSR count). The van der Waals surface area contributed by atoms with Crippen LogP contribution in [0.4, 0.5) is 0 Å². The molecule has 0 N–H and O–H groups in total. The summed E-state index contributed by atoms with van der Waals surface area (Å²) in [6.45, 7) is 17.6. The Labute approximate surface area is 409 Å². The van der Waals surface area contributed by atoms with Gasteiger partial charge in [-0.1, -0.05) is 173 Å². The van der Waals surface area contributed by atoms with E-state index in [4.69, 9.17) is 9.47 Å². The van der Waals surface area contributed by atoms with Crippen molar-refractivity contribution in [1.82, 2.24) is 0 Å². The van der Waals surface area contributed by atoms with Gasteiger partial charge in [-0.05, 0) is 138 Å². The van der Waals surface area contributed by atoms with Crippen LogP contribution in [0.2, 0.25) is 0 Å². The molecule has 0 fully saturated rings. The average Bonchev–Trinajstić information content (AvgIpc) is 3.33. The maximum absolute atomic E-state index is 6.38. The van der Waals surface area contributed by atoms with Crippen molar-refractivity contribution < 1.29 is 9.47 Å². The summed E-state index contributed by atoms with van der Waals surface area (Å²) in [5.41, 5.74) is 7.63. The van der Waals surface area contributed by atoms with Gasteiger partial charge >= 0.3 is 0 Å². The highest BCUT2D eigenvalue weighted by atomic mass is 16.5. The van der Waals surface area contributed by atoms with Crippen molar-refractivity contribution in [2.45, 2.75) is 157 Å². The minimum absolute atomic E-state index is 0. The smallest absolute Gasteiger partial charge is 0.133 e. The Morgan fingerprint density at radius 1 is 0.397 bits per heavy atom. The number of hydrogen-bond donors (Lipinski definition) is 0. The van der Waals surface area contributed by atoms with Crippen molar-refractivity contribution in [3.8, 4) is 33.8 Å². The van der Waals surface area contributed by atoms with Gasteiger partial charge in [-0.15, -0.1) is 0 Å². The molecule has 2 heteroatoms. The van der Waals surface area contributed by atoms with Crippen LogP contribution in [0.15, 0.2) is 109 Å². The molecular formula is C66H78O2. The Morgan fingerprint density at radius 2 is 0.794 bits per heavy atom. The summed E-state index contributed by atoms with van der Waals surface area (Å²) >= 11 is 0. The predicted octanol–water partition coefficient (Wildman–Crippen LogP) is 20.6. The molecule has 354 valence electrons. The third-order valence-electron chi connectivity index (χ3n) is 14.8. The summed E-state index contributed by atoms with van der Waals surface area (Å²) in [7, 11) is 0. The van der Waals surface area contributed by atoms with Crippen LogP contribution in [-0.4, -0.2) is 13.2 Å². The first-order valence-corrected chi connectivity index (χ1v) is 26.3. The second-order valence-corrected chi connectivity index (χ2v) is 21.1. The van der Waals surface area contributed by atoms with E-state index in [9.17, 15) is 0 Å². The summed E-state index contributed by atoms with van der Waals surface area (Å²) in [6, 6.07) is 42.3. The molecule has 0 spiro atoms. The third kappa shape index (κ3) is 10.3. The Bertz CT molecular complexity index is 2850. The zero-order valence-corrected chi connectivity index (χ0v) is 42.9. The Morgan fingerprint density at radius 3 is 1.19 bits per heavy atom. The van der Waals surface area contributed by atoms with E-state index in [1.807, 2.05) is 0 Å². The van der Waals surface area contributed by atoms with Crippen LogP contribution >= 0.6 is 0 Å². The molecule has 0 radical (unpaired) electrons. The van der Waals surface area contributed by atoms with E-state index in [2.05, 4.69) is 158 Å². The van der Waals surface area contributed by atoms with Gasteiger partial charge in [0.2, 0.25) is 0 Å². The van der Waals surface area contributed by atoms with Gasteiger partial charge in [-0.2, -0.15) is 0 Å². The molecule has 9 aromatic carbocycles. The fourth-order valence-electron chi connectivity index (χ4n) is 10.9. The molecular weight excluding hydrogens is 825 g/mol. The van der Waals surface area contributed by atoms with Gasteiger partial charge in [0.1, 0.15) is 17.1 Å². The molecule has 0 unspecified atom stereocenters. The third-order valence-corrected chi connectivity index (χ3v) is 14.8. The minimum atomic E-state index is -0.0171. The van der Waals surface area contributed by atoms with Gasteiger partial charge in [-0.3, -0.25) is 0 Å². The van der Waals surface area contributed by atoms with Gasteiger partial charge in [-0.25, -0.2) is 0 Å². The maximum Gasteiger partial charge on any atom is 0.133 e. The summed E-state index contributed by atoms with van der Waals surface area (Å²) in [5, 5.41) is 15.9. The summed E-state index contributed by atoms with van der Waals surface area (Å²) < 4.78 is 12.8. The highest BCUT2D eigenvalue weighted by Gasteiger charge is 2.26. The fraction of sp³-hybridized carbons (Fsp3) is 0.394. The van der Waals surface area contributed by atoms with E-state index in [1.54, 1.807) is 0 Å². The maximum atomic E-state index is 6.38. The number of unbranched alkanes of at least 4 members (excludes halogenated alkanes) is 14. The molecule has 0 saturated carbocycles. The van der Waals surface area contributed by atoms with E-state index < -0.39 is 0 Å². The molecule has 9 aromatic rings. The van der Waals surface area contributed by atoms with Crippen molar-refractivity contribution in [2.75, 3.05) is 13.2 Å². The highest BCUT2D eigenvalue weighted by Crippen LogP contribution is 2.52. The second-order valence-electron chi connectivity index (χ2n) is 21.1. The lowest BCUT2D eigenvalue weighted by Gasteiger charge is -2.25. The van der Waals surface area contributed by atoms with Crippen LogP contribution in [0.5, 0.6) is 11.5 Å². The first-order chi connectivity index (χ1) is 32.6. The zero-order valence-electron chi connectivity index (χ0n) is 42.9. The van der Waals surface area contributed by atoms with Gasteiger partial charge in [0.25, 0.3) is 0 Å². The van der Waals surface area contributed by atoms with E-state index >= 15 is 0 Å². The fourth-order valence-corrected chi connectivity index (χ4v) is 10.9. The predicted molar refractivity (Wildman–Crippen MR) is 300 cm³/mol. The van der Waals surface area contributed by atoms with Crippen LogP contribution in [0.3, 0.4) is 0 Å². The van der Waals surface area contributed by atoms with Crippen molar-refractivity contribution >= 4 is 64.6 Å². The largest absolute Gasteiger partial charge is 0.494 e. The quantitative estimate of drug-likeness (QED) is 0.0276. The number of benzene rings is 9. The van der Waals surface area contributed by atoms with Crippen molar-refractivity contribution in [2.24, 2.45) is 0 Å². The van der Waals surface area contributed by atoms with Crippen LogP contribution in [-0.2, 0) is 5.41 Å². The standard InChI is InChI=1S/C65H75O2.CH3/c1-8-10-12-14-16-18-20-22-36-66-53-30-24-45(25-31-53)57-42-50-40-52(65(5,6)7)41-51-43-58(46-26-32-54(33-27-46)67-37-23-21-19-17-15-13-11-9-2)63-56-35-29-48-39-49(44(3)4)38-47-28-34-55(61(56)59(47)48)62(57)64(63)60(50)51;/h24-35,38-43H,8-23,36-37H2,1-7H3;1H3/q+1;-1. The Hall–Kier alpha value is -5.47. The normalized spacial score (nSPS) is 12.1. The molecule has 0 amide bonds. The lowest BCUT2D eigenvalue weighted by atomic mass is 9.78. The van der Waals surface area contributed by atoms with Crippen molar-refractivity contribution in [3.63, 3.8) is 0 Å². The van der Waals surface area contributed by atoms with E-state index in [1.165, 1.54) is 194 Å². The second kappa shape index (κ2) is 21.9. The Balaban J connectivity index is 0.00000625. The van der Waals surface area contributed by atoms with Gasteiger partial charge < -0.3 is 16.9 Å². The molecule has 0 aliphatic rings. The summed E-state index contributed by atoms with van der Waals surface area (Å²) in [4.78, 5) is 0. The first-order valence-electron chi connectivity index (χ1n) is 26.3. The van der Waals surface area contributed by atoms with Crippen LogP contribution in [0, 0.1) is 13.3 Å². The topological polar surface area (TPSA) is 18.5 Å². The molecule has 2 nitrogen and oxygen atoms in total. The number of hydrogen-bond acceptors (Lipinski definition) is 2. The molecule has 0 aliphatic carbocycles. The van der Waals surface area contributed by atoms with Crippen LogP contribution in [0.1, 0.15) is 162 Å². The average molecular weight is 903 g/mol. The van der Waals surface area contributed by atoms with Gasteiger partial charge in [0.15, 0.2) is 0 Å². The van der Waals surface area contributed by atoms with Gasteiger partial charge in [0.05, 0.1) is 25.3 Å². The lowest BCUT2D eigenvalue weighted by Crippen LogP contribution is -2.11. The molecule has 0 aliphatic heterocycles. The van der Waals surface area contributed by atoms with Crippen LogP contribution in [0.25, 0.3) is 86.9 Å². The number of fused-ring (bicyclic) bond motifs is 2. The van der Waals surface area contributed by atoms with E-state index in [0.717, 1.165) is 37.6 Å². The number of rotatable bonds is 23. The van der Waals surface area contributed by atoms with Crippen molar-refractivity contribution in [3.05, 3.63) is 134 Å². The molecule has 0 atom stereocenters. The molecule has 0 aromatic heterocycles. The first kappa shape index (κ1) is 49.0.